The number of rotatable bonds is 5. The molecule has 1 aliphatic rings. The maximum absolute atomic E-state index is 10.5. The van der Waals surface area contributed by atoms with E-state index in [0.717, 1.165) is 19.1 Å². The second-order valence-corrected chi connectivity index (χ2v) is 3.02. The molecule has 1 saturated carbocycles. The van der Waals surface area contributed by atoms with E-state index < -0.39 is 0 Å². The van der Waals surface area contributed by atoms with Crippen LogP contribution in [-0.2, 0) is 4.79 Å². The minimum absolute atomic E-state index is 0.167. The zero-order valence-corrected chi connectivity index (χ0v) is 6.75. The normalized spacial score (nSPS) is 17.3. The summed E-state index contributed by atoms with van der Waals surface area (Å²) < 4.78 is 0. The van der Waals surface area contributed by atoms with Crippen LogP contribution in [0, 0.1) is 5.92 Å². The average Bonchev–Trinajstić information content (AvgIpc) is 2.81. The van der Waals surface area contributed by atoms with Crippen LogP contribution in [0.3, 0.4) is 0 Å². The van der Waals surface area contributed by atoms with Crippen LogP contribution in [0.5, 0.6) is 0 Å². The molecule has 1 nitrogen and oxygen atoms in total. The molecule has 0 spiro atoms. The van der Waals surface area contributed by atoms with E-state index in [0.29, 0.717) is 0 Å². The molecule has 0 aliphatic heterocycles. The molecule has 0 bridgehead atoms. The summed E-state index contributed by atoms with van der Waals surface area (Å²) in [5.74, 6) is 0.167. The predicted molar refractivity (Wildman–Crippen MR) is 46.3 cm³/mol. The Morgan fingerprint density at radius 3 is 2.64 bits per heavy atom. The number of aldehydes is 1. The summed E-state index contributed by atoms with van der Waals surface area (Å²) >= 11 is 0. The molecule has 0 heterocycles. The first-order chi connectivity index (χ1) is 5.36. The maximum atomic E-state index is 10.5. The van der Waals surface area contributed by atoms with Crippen molar-refractivity contribution in [3.05, 3.63) is 24.3 Å². The van der Waals surface area contributed by atoms with Gasteiger partial charge in [-0.15, -0.1) is 6.58 Å². The van der Waals surface area contributed by atoms with Crippen LogP contribution in [0.25, 0.3) is 0 Å². The van der Waals surface area contributed by atoms with Gasteiger partial charge in [-0.25, -0.2) is 0 Å². The zero-order valence-electron chi connectivity index (χ0n) is 6.75. The molecule has 11 heavy (non-hydrogen) atoms. The molecule has 0 aromatic rings. The van der Waals surface area contributed by atoms with Crippen LogP contribution in [0.4, 0.5) is 0 Å². The van der Waals surface area contributed by atoms with Gasteiger partial charge in [-0.2, -0.15) is 0 Å². The SMILES string of the molecule is C=CCC(C=O)CC=C1CC1. The molecule has 60 valence electrons. The van der Waals surface area contributed by atoms with Crippen molar-refractivity contribution in [3.8, 4) is 0 Å². The monoisotopic (exact) mass is 150 g/mol. The lowest BCUT2D eigenvalue weighted by Crippen LogP contribution is -1.97. The third-order valence-electron chi connectivity index (χ3n) is 1.91. The summed E-state index contributed by atoms with van der Waals surface area (Å²) in [6, 6.07) is 0. The van der Waals surface area contributed by atoms with Gasteiger partial charge in [0.25, 0.3) is 0 Å². The predicted octanol–water partition coefficient (Wildman–Crippen LogP) is 2.49. The smallest absolute Gasteiger partial charge is 0.123 e. The first-order valence-corrected chi connectivity index (χ1v) is 4.11. The van der Waals surface area contributed by atoms with E-state index in [1.807, 2.05) is 6.08 Å². The van der Waals surface area contributed by atoms with Crippen molar-refractivity contribution in [1.29, 1.82) is 0 Å². The molecule has 0 saturated heterocycles. The molecule has 1 rings (SSSR count). The number of hydrogen-bond donors (Lipinski definition) is 0. The molecule has 1 unspecified atom stereocenters. The Morgan fingerprint density at radius 1 is 1.45 bits per heavy atom. The van der Waals surface area contributed by atoms with Crippen LogP contribution < -0.4 is 0 Å². The Morgan fingerprint density at radius 2 is 2.18 bits per heavy atom. The van der Waals surface area contributed by atoms with Gasteiger partial charge in [-0.05, 0) is 25.7 Å². The Kier molecular flexibility index (Phi) is 3.09. The van der Waals surface area contributed by atoms with E-state index >= 15 is 0 Å². The highest BCUT2D eigenvalue weighted by Gasteiger charge is 2.11. The Balaban J connectivity index is 2.24. The third kappa shape index (κ3) is 3.17. The summed E-state index contributed by atoms with van der Waals surface area (Å²) in [6.45, 7) is 3.61. The molecule has 0 radical (unpaired) electrons. The number of carbonyl (C=O) groups excluding carboxylic acids is 1. The van der Waals surface area contributed by atoms with Gasteiger partial charge in [-0.1, -0.05) is 17.7 Å². The zero-order chi connectivity index (χ0) is 8.10. The molecule has 0 amide bonds. The van der Waals surface area contributed by atoms with Gasteiger partial charge in [0.05, 0.1) is 0 Å². The Labute approximate surface area is 67.8 Å². The van der Waals surface area contributed by atoms with E-state index in [2.05, 4.69) is 12.7 Å². The van der Waals surface area contributed by atoms with Gasteiger partial charge in [0.2, 0.25) is 0 Å². The highest BCUT2D eigenvalue weighted by molar-refractivity contribution is 5.54. The van der Waals surface area contributed by atoms with E-state index in [1.165, 1.54) is 18.4 Å². The largest absolute Gasteiger partial charge is 0.303 e. The molecule has 1 atom stereocenters. The number of hydrogen-bond acceptors (Lipinski definition) is 1. The fraction of sp³-hybridized carbons (Fsp3) is 0.500. The molecule has 1 aliphatic carbocycles. The summed E-state index contributed by atoms with van der Waals surface area (Å²) in [6.07, 6.45) is 9.26. The first kappa shape index (κ1) is 8.25. The van der Waals surface area contributed by atoms with Crippen LogP contribution in [0.2, 0.25) is 0 Å². The fourth-order valence-electron chi connectivity index (χ4n) is 1.02. The van der Waals surface area contributed by atoms with E-state index in [9.17, 15) is 4.79 Å². The minimum Gasteiger partial charge on any atom is -0.303 e. The average molecular weight is 150 g/mol. The third-order valence-corrected chi connectivity index (χ3v) is 1.91. The topological polar surface area (TPSA) is 17.1 Å². The maximum Gasteiger partial charge on any atom is 0.123 e. The molecule has 1 heteroatoms. The molecule has 0 aromatic carbocycles. The number of carbonyl (C=O) groups is 1. The van der Waals surface area contributed by atoms with Gasteiger partial charge in [-0.3, -0.25) is 0 Å². The van der Waals surface area contributed by atoms with Gasteiger partial charge >= 0.3 is 0 Å². The molecular weight excluding hydrogens is 136 g/mol. The second-order valence-electron chi connectivity index (χ2n) is 3.02. The van der Waals surface area contributed by atoms with E-state index in [1.54, 1.807) is 0 Å². The van der Waals surface area contributed by atoms with Crippen molar-refractivity contribution in [2.24, 2.45) is 5.92 Å². The van der Waals surface area contributed by atoms with Crippen molar-refractivity contribution in [1.82, 2.24) is 0 Å². The Bertz CT molecular complexity index is 173. The standard InChI is InChI=1S/C10H14O/c1-2-3-10(8-11)7-6-9-4-5-9/h2,6,8,10H,1,3-5,7H2. The van der Waals surface area contributed by atoms with Crippen molar-refractivity contribution >= 4 is 6.29 Å². The van der Waals surface area contributed by atoms with Gasteiger partial charge in [0, 0.05) is 5.92 Å². The lowest BCUT2D eigenvalue weighted by molar-refractivity contribution is -0.110. The summed E-state index contributed by atoms with van der Waals surface area (Å²) in [4.78, 5) is 10.5. The van der Waals surface area contributed by atoms with Crippen molar-refractivity contribution in [3.63, 3.8) is 0 Å². The highest BCUT2D eigenvalue weighted by atomic mass is 16.1. The van der Waals surface area contributed by atoms with Crippen molar-refractivity contribution in [2.45, 2.75) is 25.7 Å². The van der Waals surface area contributed by atoms with Gasteiger partial charge in [0.15, 0.2) is 0 Å². The van der Waals surface area contributed by atoms with E-state index in [4.69, 9.17) is 0 Å². The lowest BCUT2D eigenvalue weighted by atomic mass is 10.0. The van der Waals surface area contributed by atoms with Crippen LogP contribution in [0.15, 0.2) is 24.3 Å². The minimum atomic E-state index is 0.167. The fourth-order valence-corrected chi connectivity index (χ4v) is 1.02. The quantitative estimate of drug-likeness (QED) is 0.434. The van der Waals surface area contributed by atoms with Gasteiger partial charge < -0.3 is 4.79 Å². The highest BCUT2D eigenvalue weighted by Crippen LogP contribution is 2.28. The Hall–Kier alpha value is -0.850. The number of allylic oxidation sites excluding steroid dienone is 3. The van der Waals surface area contributed by atoms with Crippen LogP contribution in [-0.4, -0.2) is 6.29 Å². The van der Waals surface area contributed by atoms with Crippen LogP contribution >= 0.6 is 0 Å². The summed E-state index contributed by atoms with van der Waals surface area (Å²) in [5, 5.41) is 0. The molecule has 0 aromatic heterocycles. The summed E-state index contributed by atoms with van der Waals surface area (Å²) in [7, 11) is 0. The molecule has 1 fully saturated rings. The van der Waals surface area contributed by atoms with Gasteiger partial charge in [0.1, 0.15) is 6.29 Å². The van der Waals surface area contributed by atoms with Crippen LogP contribution in [0.1, 0.15) is 25.7 Å². The molecule has 0 N–H and O–H groups in total. The van der Waals surface area contributed by atoms with Crippen molar-refractivity contribution < 1.29 is 4.79 Å². The van der Waals surface area contributed by atoms with E-state index in [-0.39, 0.29) is 5.92 Å². The lowest BCUT2D eigenvalue weighted by Gasteiger charge is -2.00. The first-order valence-electron chi connectivity index (χ1n) is 4.11. The summed E-state index contributed by atoms with van der Waals surface area (Å²) in [5.41, 5.74) is 1.51. The molecular formula is C10H14O. The van der Waals surface area contributed by atoms with Crippen molar-refractivity contribution in [2.75, 3.05) is 0 Å². The second kappa shape index (κ2) is 4.12.